The lowest BCUT2D eigenvalue weighted by Gasteiger charge is -2.49. The molecule has 0 spiro atoms. The van der Waals surface area contributed by atoms with Gasteiger partial charge in [-0.1, -0.05) is 146 Å². The first-order valence-electron chi connectivity index (χ1n) is 5.24. The second-order valence-electron chi connectivity index (χ2n) is 4.17. The van der Waals surface area contributed by atoms with Crippen LogP contribution in [-0.2, 0) is 4.87 Å². The van der Waals surface area contributed by atoms with Gasteiger partial charge in [-0.25, -0.2) is 0 Å². The molecule has 0 aliphatic carbocycles. The van der Waals surface area contributed by atoms with Crippen molar-refractivity contribution >= 4 is 128 Å². The first-order valence-corrected chi connectivity index (χ1v) is 9.40. The maximum absolute atomic E-state index is 6.52. The van der Waals surface area contributed by atoms with Gasteiger partial charge in [-0.2, -0.15) is 0 Å². The fourth-order valence-corrected chi connectivity index (χ4v) is 4.78. The Labute approximate surface area is 183 Å². The van der Waals surface area contributed by atoms with E-state index in [1.165, 1.54) is 12.1 Å². The van der Waals surface area contributed by atoms with Crippen molar-refractivity contribution in [1.29, 1.82) is 0 Å². The number of halogens is 11. The van der Waals surface area contributed by atoms with E-state index < -0.39 is 21.1 Å². The summed E-state index contributed by atoms with van der Waals surface area (Å²) < 4.78 is -9.47. The van der Waals surface area contributed by atoms with Crippen LogP contribution in [0.3, 0.4) is 0 Å². The highest BCUT2D eigenvalue weighted by atomic mass is 35.6. The fraction of sp³-hybridized carbons (Fsp3) is 0.455. The van der Waals surface area contributed by atoms with Crippen LogP contribution in [0.5, 0.6) is 0 Å². The van der Waals surface area contributed by atoms with E-state index in [2.05, 4.69) is 0 Å². The Kier molecular flexibility index (Phi) is 7.35. The lowest BCUT2D eigenvalue weighted by Crippen LogP contribution is -2.61. The molecule has 1 unspecified atom stereocenters. The summed E-state index contributed by atoms with van der Waals surface area (Å²) in [4.78, 5) is -2.15. The largest absolute Gasteiger partial charge is 0.226 e. The van der Waals surface area contributed by atoms with Crippen LogP contribution in [0.15, 0.2) is 30.3 Å². The zero-order valence-electron chi connectivity index (χ0n) is 10.0. The van der Waals surface area contributed by atoms with Crippen LogP contribution < -0.4 is 0 Å². The summed E-state index contributed by atoms with van der Waals surface area (Å²) in [6.45, 7) is 0. The molecule has 1 aromatic rings. The molecule has 0 aliphatic rings. The monoisotopic (exact) mass is 522 g/mol. The lowest BCUT2D eigenvalue weighted by molar-refractivity contribution is 0.486. The van der Waals surface area contributed by atoms with E-state index in [1.54, 1.807) is 18.2 Å². The number of rotatable bonds is 3. The molecule has 0 bridgehead atoms. The summed E-state index contributed by atoms with van der Waals surface area (Å²) in [6.07, 6.45) is 0. The topological polar surface area (TPSA) is 0 Å². The smallest absolute Gasteiger partial charge is 0.106 e. The van der Waals surface area contributed by atoms with Gasteiger partial charge in [0.15, 0.2) is 13.5 Å². The van der Waals surface area contributed by atoms with Gasteiger partial charge in [-0.3, -0.25) is 0 Å². The van der Waals surface area contributed by atoms with Crippen LogP contribution in [0.2, 0.25) is 0 Å². The normalized spacial score (nSPS) is 17.2. The number of hydrogen-bond acceptors (Lipinski definition) is 0. The zero-order chi connectivity index (χ0) is 17.6. The molecular weight excluding hydrogens is 522 g/mol. The van der Waals surface area contributed by atoms with Crippen molar-refractivity contribution in [2.45, 2.75) is 21.1 Å². The molecule has 0 amide bonds. The van der Waals surface area contributed by atoms with Gasteiger partial charge in [0.05, 0.1) is 0 Å². The summed E-state index contributed by atoms with van der Waals surface area (Å²) in [5, 5.41) is 0. The minimum atomic E-state index is -2.44. The van der Waals surface area contributed by atoms with Crippen molar-refractivity contribution in [1.82, 2.24) is 0 Å². The van der Waals surface area contributed by atoms with Crippen LogP contribution >= 0.6 is 128 Å². The van der Waals surface area contributed by atoms with Crippen molar-refractivity contribution in [2.24, 2.45) is 0 Å². The van der Waals surface area contributed by atoms with E-state index in [-0.39, 0.29) is 5.56 Å². The van der Waals surface area contributed by atoms with Gasteiger partial charge in [0.2, 0.25) is 7.59 Å². The molecule has 0 fully saturated rings. The second-order valence-corrected chi connectivity index (χ2v) is 12.0. The average molecular weight is 527 g/mol. The summed E-state index contributed by atoms with van der Waals surface area (Å²) >= 11 is 66.6. The standard InChI is InChI=1S/C11H5Cl11/c12-7(10(17,18)19,6-4-2-1-3-5-6)8(13,14)9(15,16)11(20,21)22/h1-5H. The van der Waals surface area contributed by atoms with Crippen LogP contribution in [-0.4, -0.2) is 16.3 Å². The third kappa shape index (κ3) is 3.74. The molecule has 22 heavy (non-hydrogen) atoms. The molecule has 0 heterocycles. The Morgan fingerprint density at radius 3 is 1.23 bits per heavy atom. The molecule has 1 aromatic carbocycles. The molecule has 0 saturated carbocycles. The van der Waals surface area contributed by atoms with Crippen molar-refractivity contribution < 1.29 is 0 Å². The third-order valence-electron chi connectivity index (χ3n) is 2.75. The summed E-state index contributed by atoms with van der Waals surface area (Å²) in [5.74, 6) is 0. The van der Waals surface area contributed by atoms with Gasteiger partial charge in [-0.15, -0.1) is 11.6 Å². The molecule has 0 N–H and O–H groups in total. The van der Waals surface area contributed by atoms with Gasteiger partial charge < -0.3 is 0 Å². The average Bonchev–Trinajstić information content (AvgIpc) is 2.35. The fourth-order valence-electron chi connectivity index (χ4n) is 1.59. The molecule has 0 aromatic heterocycles. The van der Waals surface area contributed by atoms with E-state index in [9.17, 15) is 0 Å². The lowest BCUT2D eigenvalue weighted by atomic mass is 9.93. The maximum Gasteiger partial charge on any atom is 0.226 e. The highest BCUT2D eigenvalue weighted by molar-refractivity contribution is 6.80. The van der Waals surface area contributed by atoms with Crippen LogP contribution in [0.25, 0.3) is 0 Å². The van der Waals surface area contributed by atoms with Crippen LogP contribution in [0.4, 0.5) is 0 Å². The summed E-state index contributed by atoms with van der Waals surface area (Å²) in [6, 6.07) is 7.96. The van der Waals surface area contributed by atoms with Gasteiger partial charge in [-0.05, 0) is 5.56 Å². The first-order chi connectivity index (χ1) is 9.61. The molecule has 1 atom stereocenters. The van der Waals surface area contributed by atoms with E-state index in [0.29, 0.717) is 0 Å². The Morgan fingerprint density at radius 2 is 0.909 bits per heavy atom. The molecule has 11 heteroatoms. The second kappa shape index (κ2) is 7.20. The zero-order valence-corrected chi connectivity index (χ0v) is 18.4. The number of hydrogen-bond donors (Lipinski definition) is 0. The summed E-state index contributed by atoms with van der Waals surface area (Å²) in [7, 11) is 0. The van der Waals surface area contributed by atoms with Crippen LogP contribution in [0, 0.1) is 0 Å². The van der Waals surface area contributed by atoms with E-state index in [4.69, 9.17) is 128 Å². The minimum absolute atomic E-state index is 0.210. The Balaban J connectivity index is 3.68. The van der Waals surface area contributed by atoms with Crippen molar-refractivity contribution in [3.05, 3.63) is 35.9 Å². The minimum Gasteiger partial charge on any atom is -0.106 e. The predicted molar refractivity (Wildman–Crippen MR) is 103 cm³/mol. The first kappa shape index (κ1) is 22.5. The third-order valence-corrected chi connectivity index (χ3v) is 8.95. The molecule has 1 rings (SSSR count). The van der Waals surface area contributed by atoms with Crippen molar-refractivity contribution in [2.75, 3.05) is 0 Å². The van der Waals surface area contributed by atoms with Crippen molar-refractivity contribution in [3.8, 4) is 0 Å². The maximum atomic E-state index is 6.52. The molecular formula is C11H5Cl11. The van der Waals surface area contributed by atoms with Gasteiger partial charge in [0.1, 0.15) is 0 Å². The molecule has 0 radical (unpaired) electrons. The van der Waals surface area contributed by atoms with Gasteiger partial charge in [0, 0.05) is 0 Å². The Hall–Kier alpha value is 2.41. The predicted octanol–water partition coefficient (Wildman–Crippen LogP) is 8.21. The molecule has 0 nitrogen and oxygen atoms in total. The highest BCUT2D eigenvalue weighted by Crippen LogP contribution is 2.69. The number of alkyl halides is 11. The molecule has 126 valence electrons. The molecule has 0 saturated heterocycles. The van der Waals surface area contributed by atoms with Crippen LogP contribution in [0.1, 0.15) is 5.56 Å². The quantitative estimate of drug-likeness (QED) is 0.348. The van der Waals surface area contributed by atoms with Crippen molar-refractivity contribution in [3.63, 3.8) is 0 Å². The molecule has 0 aliphatic heterocycles. The number of benzene rings is 1. The summed E-state index contributed by atoms with van der Waals surface area (Å²) in [5.41, 5.74) is 0.210. The SMILES string of the molecule is ClC(Cl)(Cl)C(Cl)(Cl)C(Cl)(Cl)C(Cl)(c1ccccc1)C(Cl)(Cl)Cl. The Bertz CT molecular complexity index is 513. The van der Waals surface area contributed by atoms with E-state index >= 15 is 0 Å². The van der Waals surface area contributed by atoms with E-state index in [0.717, 1.165) is 0 Å². The van der Waals surface area contributed by atoms with E-state index in [1.807, 2.05) is 0 Å². The van der Waals surface area contributed by atoms with Gasteiger partial charge >= 0.3 is 0 Å². The van der Waals surface area contributed by atoms with Gasteiger partial charge in [0.25, 0.3) is 0 Å². The highest BCUT2D eigenvalue weighted by Gasteiger charge is 2.73. The Morgan fingerprint density at radius 1 is 0.500 bits per heavy atom.